The maximum absolute atomic E-state index is 12.9. The Morgan fingerprint density at radius 3 is 1.76 bits per heavy atom. The van der Waals surface area contributed by atoms with Crippen LogP contribution in [0, 0.1) is 0 Å². The number of carbonyl (C=O) groups excluding carboxylic acids is 1. The van der Waals surface area contributed by atoms with Gasteiger partial charge in [0.1, 0.15) is 0 Å². The zero-order chi connectivity index (χ0) is 16.4. The van der Waals surface area contributed by atoms with Crippen LogP contribution in [0.2, 0.25) is 0 Å². The summed E-state index contributed by atoms with van der Waals surface area (Å²) in [7, 11) is 0.998. The summed E-state index contributed by atoms with van der Waals surface area (Å²) in [5.41, 5.74) is -3.97. The van der Waals surface area contributed by atoms with Crippen LogP contribution in [0.1, 0.15) is 29.2 Å². The van der Waals surface area contributed by atoms with Crippen LogP contribution in [-0.4, -0.2) is 13.1 Å². The van der Waals surface area contributed by atoms with Gasteiger partial charge >= 0.3 is 18.3 Å². The molecule has 1 aromatic rings. The van der Waals surface area contributed by atoms with Crippen molar-refractivity contribution in [3.05, 3.63) is 34.4 Å². The molecule has 0 aromatic heterocycles. The van der Waals surface area contributed by atoms with Gasteiger partial charge in [-0.2, -0.15) is 26.3 Å². The van der Waals surface area contributed by atoms with Crippen LogP contribution in [0.3, 0.4) is 0 Å². The van der Waals surface area contributed by atoms with Crippen molar-refractivity contribution in [3.63, 3.8) is 0 Å². The van der Waals surface area contributed by atoms with E-state index in [1.807, 2.05) is 0 Å². The molecule has 8 heteroatoms. The molecule has 0 N–H and O–H groups in total. The Labute approximate surface area is 116 Å². The lowest BCUT2D eigenvalue weighted by Gasteiger charge is -2.19. The Hall–Kier alpha value is -1.73. The van der Waals surface area contributed by atoms with E-state index < -0.39 is 53.4 Å². The fraction of sp³-hybridized carbons (Fsp3) is 0.462. The molecule has 0 saturated heterocycles. The molecule has 21 heavy (non-hydrogen) atoms. The average molecular weight is 314 g/mol. The summed E-state index contributed by atoms with van der Waals surface area (Å²) in [4.78, 5) is 11.1. The molecule has 0 aliphatic carbocycles. The third-order valence-electron chi connectivity index (χ3n) is 2.85. The first-order chi connectivity index (χ1) is 9.50. The maximum Gasteiger partial charge on any atom is 0.416 e. The summed E-state index contributed by atoms with van der Waals surface area (Å²) in [6.45, 7) is 1.21. The first-order valence-electron chi connectivity index (χ1n) is 5.87. The van der Waals surface area contributed by atoms with Gasteiger partial charge in [0.15, 0.2) is 0 Å². The van der Waals surface area contributed by atoms with Crippen molar-refractivity contribution >= 4 is 5.97 Å². The Morgan fingerprint density at radius 1 is 1.05 bits per heavy atom. The highest BCUT2D eigenvalue weighted by Crippen LogP contribution is 2.40. The first kappa shape index (κ1) is 17.3. The van der Waals surface area contributed by atoms with Gasteiger partial charge in [0.05, 0.1) is 24.7 Å². The molecule has 0 bridgehead atoms. The zero-order valence-corrected chi connectivity index (χ0v) is 11.2. The smallest absolute Gasteiger partial charge is 0.416 e. The van der Waals surface area contributed by atoms with Gasteiger partial charge in [0, 0.05) is 0 Å². The lowest BCUT2D eigenvalue weighted by Crippen LogP contribution is -2.18. The second-order valence-corrected chi connectivity index (χ2v) is 4.27. The first-order valence-corrected chi connectivity index (χ1v) is 5.87. The topological polar surface area (TPSA) is 26.3 Å². The maximum atomic E-state index is 12.9. The normalized spacial score (nSPS) is 12.4. The third-order valence-corrected chi connectivity index (χ3v) is 2.85. The van der Waals surface area contributed by atoms with Crippen molar-refractivity contribution in [3.8, 4) is 0 Å². The van der Waals surface area contributed by atoms with Gasteiger partial charge in [-0.1, -0.05) is 6.92 Å². The van der Waals surface area contributed by atoms with Crippen molar-refractivity contribution in [1.29, 1.82) is 0 Å². The number of benzene rings is 1. The predicted molar refractivity (Wildman–Crippen MR) is 61.5 cm³/mol. The Kier molecular flexibility index (Phi) is 4.91. The van der Waals surface area contributed by atoms with E-state index >= 15 is 0 Å². The fourth-order valence-corrected chi connectivity index (χ4v) is 1.96. The van der Waals surface area contributed by atoms with Crippen molar-refractivity contribution in [2.24, 2.45) is 0 Å². The standard InChI is InChI=1S/C13H12F6O2/c1-3-8-9(12(14,15)16)4-7(6-11(20)21-2)5-10(8)13(17,18)19/h4-5H,3,6H2,1-2H3. The van der Waals surface area contributed by atoms with E-state index in [2.05, 4.69) is 4.74 Å². The summed E-state index contributed by atoms with van der Waals surface area (Å²) >= 11 is 0. The number of methoxy groups -OCH3 is 1. The highest BCUT2D eigenvalue weighted by Gasteiger charge is 2.40. The van der Waals surface area contributed by atoms with E-state index in [0.29, 0.717) is 12.1 Å². The number of rotatable bonds is 3. The number of carbonyl (C=O) groups is 1. The number of halogens is 6. The summed E-state index contributed by atoms with van der Waals surface area (Å²) in [6.07, 6.45) is -11.0. The van der Waals surface area contributed by atoms with Crippen molar-refractivity contribution in [2.75, 3.05) is 7.11 Å². The predicted octanol–water partition coefficient (Wildman–Crippen LogP) is 4.00. The molecule has 0 spiro atoms. The second-order valence-electron chi connectivity index (χ2n) is 4.27. The van der Waals surface area contributed by atoms with E-state index in [0.717, 1.165) is 7.11 Å². The molecule has 0 heterocycles. The largest absolute Gasteiger partial charge is 0.469 e. The zero-order valence-electron chi connectivity index (χ0n) is 11.2. The molecular formula is C13H12F6O2. The van der Waals surface area contributed by atoms with Gasteiger partial charge in [0.2, 0.25) is 0 Å². The van der Waals surface area contributed by atoms with Crippen molar-refractivity contribution in [2.45, 2.75) is 32.1 Å². The van der Waals surface area contributed by atoms with E-state index in [1.165, 1.54) is 6.92 Å². The summed E-state index contributed by atoms with van der Waals surface area (Å²) < 4.78 is 81.8. The van der Waals surface area contributed by atoms with Gasteiger partial charge < -0.3 is 4.74 Å². The molecule has 0 saturated carbocycles. The lowest BCUT2D eigenvalue weighted by atomic mass is 9.94. The summed E-state index contributed by atoms with van der Waals surface area (Å²) in [6, 6.07) is 1.12. The molecule has 2 nitrogen and oxygen atoms in total. The van der Waals surface area contributed by atoms with E-state index in [4.69, 9.17) is 0 Å². The molecule has 0 amide bonds. The molecule has 0 fully saturated rings. The second kappa shape index (κ2) is 5.95. The van der Waals surface area contributed by atoms with Crippen LogP contribution < -0.4 is 0 Å². The Bertz CT molecular complexity index is 495. The molecule has 118 valence electrons. The van der Waals surface area contributed by atoms with Gasteiger partial charge in [0.25, 0.3) is 0 Å². The lowest BCUT2D eigenvalue weighted by molar-refractivity contribution is -0.145. The molecule has 0 aliphatic heterocycles. The van der Waals surface area contributed by atoms with Gasteiger partial charge in [-0.15, -0.1) is 0 Å². The fourth-order valence-electron chi connectivity index (χ4n) is 1.96. The number of alkyl halides is 6. The van der Waals surface area contributed by atoms with Crippen LogP contribution >= 0.6 is 0 Å². The van der Waals surface area contributed by atoms with Crippen LogP contribution in [-0.2, 0) is 34.7 Å². The van der Waals surface area contributed by atoms with E-state index in [1.54, 1.807) is 0 Å². The van der Waals surface area contributed by atoms with Gasteiger partial charge in [-0.25, -0.2) is 0 Å². The monoisotopic (exact) mass is 314 g/mol. The van der Waals surface area contributed by atoms with Crippen molar-refractivity contribution in [1.82, 2.24) is 0 Å². The minimum atomic E-state index is -4.93. The minimum absolute atomic E-state index is 0.390. The van der Waals surface area contributed by atoms with E-state index in [9.17, 15) is 31.1 Å². The van der Waals surface area contributed by atoms with E-state index in [-0.39, 0.29) is 0 Å². The molecule has 0 aliphatic rings. The molecule has 1 aromatic carbocycles. The Morgan fingerprint density at radius 2 is 1.48 bits per heavy atom. The van der Waals surface area contributed by atoms with Gasteiger partial charge in [-0.05, 0) is 29.7 Å². The molecule has 1 rings (SSSR count). The van der Waals surface area contributed by atoms with Crippen molar-refractivity contribution < 1.29 is 35.9 Å². The van der Waals surface area contributed by atoms with Crippen LogP contribution in [0.15, 0.2) is 12.1 Å². The average Bonchev–Trinajstić information content (AvgIpc) is 2.35. The molecule has 0 atom stereocenters. The highest BCUT2D eigenvalue weighted by molar-refractivity contribution is 5.72. The quantitative estimate of drug-likeness (QED) is 0.622. The third kappa shape index (κ3) is 4.12. The minimum Gasteiger partial charge on any atom is -0.469 e. The molecular weight excluding hydrogens is 302 g/mol. The van der Waals surface area contributed by atoms with Crippen LogP contribution in [0.5, 0.6) is 0 Å². The molecule has 0 radical (unpaired) electrons. The highest BCUT2D eigenvalue weighted by atomic mass is 19.4. The summed E-state index contributed by atoms with van der Waals surface area (Å²) in [5.74, 6) is -0.916. The van der Waals surface area contributed by atoms with Crippen LogP contribution in [0.25, 0.3) is 0 Å². The number of hydrogen-bond acceptors (Lipinski definition) is 2. The Balaban J connectivity index is 3.55. The number of ether oxygens (including phenoxy) is 1. The number of hydrogen-bond donors (Lipinski definition) is 0. The van der Waals surface area contributed by atoms with Gasteiger partial charge in [-0.3, -0.25) is 4.79 Å². The number of esters is 1. The van der Waals surface area contributed by atoms with Crippen LogP contribution in [0.4, 0.5) is 26.3 Å². The molecule has 0 unspecified atom stereocenters. The summed E-state index contributed by atoms with van der Waals surface area (Å²) in [5, 5.41) is 0. The SMILES string of the molecule is CCc1c(C(F)(F)F)cc(CC(=O)OC)cc1C(F)(F)F.